The van der Waals surface area contributed by atoms with Crippen LogP contribution in [0, 0.1) is 13.8 Å². The lowest BCUT2D eigenvalue weighted by atomic mass is 10.0. The highest BCUT2D eigenvalue weighted by atomic mass is 16.5. The summed E-state index contributed by atoms with van der Waals surface area (Å²) in [5.41, 5.74) is 2.07. The number of hydrogen-bond acceptors (Lipinski definition) is 4. The molecule has 1 aliphatic rings. The molecule has 0 aliphatic carbocycles. The fraction of sp³-hybridized carbons (Fsp3) is 0.529. The Kier molecular flexibility index (Phi) is 5.60. The van der Waals surface area contributed by atoms with Crippen molar-refractivity contribution < 1.29 is 24.2 Å². The van der Waals surface area contributed by atoms with Gasteiger partial charge in [0.2, 0.25) is 0 Å². The SMILES string of the molecule is Cc1cc(C(=O)N(C)CC2CCCO2)cc(C)c1OCC(=O)O. The third kappa shape index (κ3) is 4.45. The maximum absolute atomic E-state index is 12.5. The average Bonchev–Trinajstić information content (AvgIpc) is 2.97. The zero-order chi connectivity index (χ0) is 17.0. The first-order chi connectivity index (χ1) is 10.9. The molecule has 1 unspecified atom stereocenters. The Balaban J connectivity index is 2.09. The molecule has 1 aromatic carbocycles. The van der Waals surface area contributed by atoms with Crippen molar-refractivity contribution in [3.63, 3.8) is 0 Å². The fourth-order valence-corrected chi connectivity index (χ4v) is 2.83. The van der Waals surface area contributed by atoms with Gasteiger partial charge in [0.1, 0.15) is 5.75 Å². The summed E-state index contributed by atoms with van der Waals surface area (Å²) in [5, 5.41) is 8.71. The molecule has 1 fully saturated rings. The number of benzene rings is 1. The molecule has 0 saturated carbocycles. The smallest absolute Gasteiger partial charge is 0.341 e. The fourth-order valence-electron chi connectivity index (χ4n) is 2.83. The van der Waals surface area contributed by atoms with Gasteiger partial charge in [-0.2, -0.15) is 0 Å². The van der Waals surface area contributed by atoms with Gasteiger partial charge in [0.15, 0.2) is 6.61 Å². The van der Waals surface area contributed by atoms with Crippen molar-refractivity contribution in [2.24, 2.45) is 0 Å². The van der Waals surface area contributed by atoms with E-state index in [1.54, 1.807) is 37.9 Å². The topological polar surface area (TPSA) is 76.1 Å². The van der Waals surface area contributed by atoms with E-state index < -0.39 is 12.6 Å². The molecule has 6 heteroatoms. The number of aliphatic carboxylic acids is 1. The molecule has 1 aromatic rings. The molecule has 0 aromatic heterocycles. The number of hydrogen-bond donors (Lipinski definition) is 1. The largest absolute Gasteiger partial charge is 0.481 e. The van der Waals surface area contributed by atoms with E-state index >= 15 is 0 Å². The minimum atomic E-state index is -1.03. The van der Waals surface area contributed by atoms with E-state index in [1.165, 1.54) is 0 Å². The predicted octanol–water partition coefficient (Wildman–Crippen LogP) is 2.02. The molecule has 1 saturated heterocycles. The highest BCUT2D eigenvalue weighted by Crippen LogP contribution is 2.25. The van der Waals surface area contributed by atoms with Crippen molar-refractivity contribution in [2.45, 2.75) is 32.8 Å². The number of carboxylic acids is 1. The van der Waals surface area contributed by atoms with Crippen LogP contribution in [0.1, 0.15) is 34.3 Å². The van der Waals surface area contributed by atoms with Crippen LogP contribution >= 0.6 is 0 Å². The first-order valence-electron chi connectivity index (χ1n) is 7.71. The molecule has 1 amide bonds. The molecule has 1 heterocycles. The summed E-state index contributed by atoms with van der Waals surface area (Å²) in [7, 11) is 1.77. The molecule has 6 nitrogen and oxygen atoms in total. The lowest BCUT2D eigenvalue weighted by molar-refractivity contribution is -0.139. The van der Waals surface area contributed by atoms with E-state index in [-0.39, 0.29) is 12.0 Å². The highest BCUT2D eigenvalue weighted by Gasteiger charge is 2.21. The standard InChI is InChI=1S/C17H23NO5/c1-11-7-13(8-12(2)16(11)23-10-15(19)20)17(21)18(3)9-14-5-4-6-22-14/h7-8,14H,4-6,9-10H2,1-3H3,(H,19,20). The van der Waals surface area contributed by atoms with Crippen LogP contribution in [0.25, 0.3) is 0 Å². The monoisotopic (exact) mass is 321 g/mol. The first kappa shape index (κ1) is 17.3. The third-order valence-electron chi connectivity index (χ3n) is 3.90. The number of likely N-dealkylation sites (N-methyl/N-ethyl adjacent to an activating group) is 1. The van der Waals surface area contributed by atoms with Gasteiger partial charge in [-0.05, 0) is 49.9 Å². The van der Waals surface area contributed by atoms with Crippen LogP contribution in [0.5, 0.6) is 5.75 Å². The van der Waals surface area contributed by atoms with Crippen LogP contribution in [0.2, 0.25) is 0 Å². The number of ether oxygens (including phenoxy) is 2. The van der Waals surface area contributed by atoms with Gasteiger partial charge in [0.25, 0.3) is 5.91 Å². The third-order valence-corrected chi connectivity index (χ3v) is 3.90. The van der Waals surface area contributed by atoms with Gasteiger partial charge in [-0.25, -0.2) is 4.79 Å². The second kappa shape index (κ2) is 7.46. The van der Waals surface area contributed by atoms with Gasteiger partial charge >= 0.3 is 5.97 Å². The second-order valence-electron chi connectivity index (χ2n) is 5.94. The van der Waals surface area contributed by atoms with E-state index in [1.807, 2.05) is 0 Å². The van der Waals surface area contributed by atoms with Crippen LogP contribution in [-0.4, -0.2) is 54.8 Å². The number of rotatable bonds is 6. The number of amides is 1. The minimum absolute atomic E-state index is 0.0727. The zero-order valence-electron chi connectivity index (χ0n) is 13.8. The quantitative estimate of drug-likeness (QED) is 0.867. The summed E-state index contributed by atoms with van der Waals surface area (Å²) in [5.74, 6) is -0.581. The van der Waals surface area contributed by atoms with Gasteiger partial charge in [0.05, 0.1) is 6.10 Å². The minimum Gasteiger partial charge on any atom is -0.481 e. The Hall–Kier alpha value is -2.08. The van der Waals surface area contributed by atoms with Crippen molar-refractivity contribution in [3.8, 4) is 5.75 Å². The first-order valence-corrected chi connectivity index (χ1v) is 7.71. The van der Waals surface area contributed by atoms with Crippen molar-refractivity contribution >= 4 is 11.9 Å². The number of carbonyl (C=O) groups is 2. The molecule has 0 spiro atoms. The lowest BCUT2D eigenvalue weighted by Gasteiger charge is -2.22. The molecule has 1 aliphatic heterocycles. The van der Waals surface area contributed by atoms with Crippen molar-refractivity contribution in [1.82, 2.24) is 4.90 Å². The summed E-state index contributed by atoms with van der Waals surface area (Å²) in [6, 6.07) is 3.47. The predicted molar refractivity (Wildman–Crippen MR) is 85.0 cm³/mol. The van der Waals surface area contributed by atoms with Crippen LogP contribution in [0.15, 0.2) is 12.1 Å². The van der Waals surface area contributed by atoms with Crippen molar-refractivity contribution in [2.75, 3.05) is 26.8 Å². The summed E-state index contributed by atoms with van der Waals surface area (Å²) in [4.78, 5) is 24.8. The van der Waals surface area contributed by atoms with E-state index in [0.717, 1.165) is 30.6 Å². The van der Waals surface area contributed by atoms with E-state index in [4.69, 9.17) is 14.6 Å². The molecule has 1 N–H and O–H groups in total. The van der Waals surface area contributed by atoms with E-state index in [0.29, 0.717) is 17.9 Å². The molecule has 2 rings (SSSR count). The molecular formula is C17H23NO5. The average molecular weight is 321 g/mol. The zero-order valence-corrected chi connectivity index (χ0v) is 13.8. The lowest BCUT2D eigenvalue weighted by Crippen LogP contribution is -2.34. The van der Waals surface area contributed by atoms with Gasteiger partial charge in [-0.3, -0.25) is 4.79 Å². The summed E-state index contributed by atoms with van der Waals surface area (Å²) >= 11 is 0. The van der Waals surface area contributed by atoms with E-state index in [9.17, 15) is 9.59 Å². The number of carbonyl (C=O) groups excluding carboxylic acids is 1. The summed E-state index contributed by atoms with van der Waals surface area (Å²) in [6.07, 6.45) is 2.14. The van der Waals surface area contributed by atoms with Crippen LogP contribution in [0.4, 0.5) is 0 Å². The Morgan fingerprint density at radius 1 is 1.35 bits per heavy atom. The van der Waals surface area contributed by atoms with Gasteiger partial charge < -0.3 is 19.5 Å². The Bertz CT molecular complexity index is 570. The van der Waals surface area contributed by atoms with E-state index in [2.05, 4.69) is 0 Å². The van der Waals surface area contributed by atoms with Gasteiger partial charge in [-0.1, -0.05) is 0 Å². The normalized spacial score (nSPS) is 17.1. The number of nitrogens with zero attached hydrogens (tertiary/aromatic N) is 1. The molecule has 126 valence electrons. The maximum atomic E-state index is 12.5. The Morgan fingerprint density at radius 3 is 2.52 bits per heavy atom. The van der Waals surface area contributed by atoms with Crippen LogP contribution in [0.3, 0.4) is 0 Å². The van der Waals surface area contributed by atoms with Gasteiger partial charge in [0, 0.05) is 25.8 Å². The maximum Gasteiger partial charge on any atom is 0.341 e. The molecule has 0 bridgehead atoms. The Labute approximate surface area is 136 Å². The Morgan fingerprint density at radius 2 is 2.00 bits per heavy atom. The molecular weight excluding hydrogens is 298 g/mol. The van der Waals surface area contributed by atoms with Crippen LogP contribution < -0.4 is 4.74 Å². The van der Waals surface area contributed by atoms with Crippen molar-refractivity contribution in [1.29, 1.82) is 0 Å². The summed E-state index contributed by atoms with van der Waals surface area (Å²) < 4.78 is 10.8. The number of aryl methyl sites for hydroxylation is 2. The van der Waals surface area contributed by atoms with Gasteiger partial charge in [-0.15, -0.1) is 0 Å². The molecule has 23 heavy (non-hydrogen) atoms. The summed E-state index contributed by atoms with van der Waals surface area (Å²) in [6.45, 7) is 4.56. The number of carboxylic acid groups (broad SMARTS) is 1. The van der Waals surface area contributed by atoms with Crippen molar-refractivity contribution in [3.05, 3.63) is 28.8 Å². The molecule has 1 atom stereocenters. The van der Waals surface area contributed by atoms with Crippen LogP contribution in [-0.2, 0) is 9.53 Å². The molecule has 0 radical (unpaired) electrons. The second-order valence-corrected chi connectivity index (χ2v) is 5.94. The highest BCUT2D eigenvalue weighted by molar-refractivity contribution is 5.94.